The van der Waals surface area contributed by atoms with Crippen LogP contribution in [0.3, 0.4) is 0 Å². The molecule has 0 atom stereocenters. The standard InChI is InChI=1S/C13H7BrClF3N2O/c14-9-2-1-7(5-10(9)15)12(21)20-11-6-8(3-4-19-11)13(16,17)18/h1-6H,(H,19,20,21). The van der Waals surface area contributed by atoms with Crippen molar-refractivity contribution in [3.63, 3.8) is 0 Å². The van der Waals surface area contributed by atoms with Gasteiger partial charge in [-0.2, -0.15) is 13.2 Å². The Morgan fingerprint density at radius 2 is 1.95 bits per heavy atom. The molecule has 0 unspecified atom stereocenters. The monoisotopic (exact) mass is 378 g/mol. The van der Waals surface area contributed by atoms with Crippen molar-refractivity contribution in [2.24, 2.45) is 0 Å². The summed E-state index contributed by atoms with van der Waals surface area (Å²) in [5.41, 5.74) is -0.677. The molecule has 21 heavy (non-hydrogen) atoms. The smallest absolute Gasteiger partial charge is 0.307 e. The molecule has 110 valence electrons. The van der Waals surface area contributed by atoms with Crippen molar-refractivity contribution in [3.8, 4) is 0 Å². The largest absolute Gasteiger partial charge is 0.416 e. The van der Waals surface area contributed by atoms with Gasteiger partial charge in [0, 0.05) is 16.2 Å². The average Bonchev–Trinajstić information content (AvgIpc) is 2.41. The van der Waals surface area contributed by atoms with Crippen LogP contribution in [0.4, 0.5) is 19.0 Å². The van der Waals surface area contributed by atoms with E-state index in [1.807, 2.05) is 0 Å². The molecule has 0 fully saturated rings. The molecule has 1 heterocycles. The van der Waals surface area contributed by atoms with Gasteiger partial charge in [0.25, 0.3) is 5.91 Å². The summed E-state index contributed by atoms with van der Waals surface area (Å²) in [6.07, 6.45) is -3.52. The van der Waals surface area contributed by atoms with Gasteiger partial charge in [-0.3, -0.25) is 4.79 Å². The predicted octanol–water partition coefficient (Wildman–Crippen LogP) is 4.77. The molecule has 0 radical (unpaired) electrons. The Bertz CT molecular complexity index is 691. The van der Waals surface area contributed by atoms with Gasteiger partial charge in [0.15, 0.2) is 0 Å². The summed E-state index contributed by atoms with van der Waals surface area (Å²) in [5, 5.41) is 2.61. The first-order chi connectivity index (χ1) is 9.77. The van der Waals surface area contributed by atoms with Crippen molar-refractivity contribution in [2.45, 2.75) is 6.18 Å². The van der Waals surface area contributed by atoms with E-state index in [-0.39, 0.29) is 11.4 Å². The number of amides is 1. The SMILES string of the molecule is O=C(Nc1cc(C(F)(F)F)ccn1)c1ccc(Br)c(Cl)c1. The normalized spacial score (nSPS) is 11.3. The molecule has 0 saturated heterocycles. The maximum absolute atomic E-state index is 12.6. The molecular weight excluding hydrogens is 373 g/mol. The van der Waals surface area contributed by atoms with Crippen LogP contribution in [-0.4, -0.2) is 10.9 Å². The lowest BCUT2D eigenvalue weighted by molar-refractivity contribution is -0.137. The Labute approximate surface area is 131 Å². The fourth-order valence-electron chi connectivity index (χ4n) is 1.50. The van der Waals surface area contributed by atoms with E-state index in [2.05, 4.69) is 26.2 Å². The van der Waals surface area contributed by atoms with Crippen LogP contribution < -0.4 is 5.32 Å². The summed E-state index contributed by atoms with van der Waals surface area (Å²) < 4.78 is 38.3. The van der Waals surface area contributed by atoms with Crippen LogP contribution in [0.15, 0.2) is 41.0 Å². The van der Waals surface area contributed by atoms with E-state index >= 15 is 0 Å². The Balaban J connectivity index is 2.21. The van der Waals surface area contributed by atoms with Crippen molar-refractivity contribution in [2.75, 3.05) is 5.32 Å². The van der Waals surface area contributed by atoms with Crippen LogP contribution in [0.2, 0.25) is 5.02 Å². The molecule has 1 amide bonds. The number of nitrogens with zero attached hydrogens (tertiary/aromatic N) is 1. The molecule has 2 aromatic rings. The molecule has 0 bridgehead atoms. The lowest BCUT2D eigenvalue weighted by atomic mass is 10.2. The van der Waals surface area contributed by atoms with Crippen LogP contribution in [-0.2, 0) is 6.18 Å². The number of nitrogens with one attached hydrogen (secondary N) is 1. The summed E-state index contributed by atoms with van der Waals surface area (Å²) in [4.78, 5) is 15.6. The van der Waals surface area contributed by atoms with Gasteiger partial charge in [0.1, 0.15) is 5.82 Å². The second kappa shape index (κ2) is 6.03. The van der Waals surface area contributed by atoms with Crippen molar-refractivity contribution in [3.05, 3.63) is 57.2 Å². The highest BCUT2D eigenvalue weighted by Gasteiger charge is 2.30. The van der Waals surface area contributed by atoms with Gasteiger partial charge < -0.3 is 5.32 Å². The summed E-state index contributed by atoms with van der Waals surface area (Å²) >= 11 is 9.03. The van der Waals surface area contributed by atoms with E-state index in [1.54, 1.807) is 6.07 Å². The number of carbonyl (C=O) groups is 1. The van der Waals surface area contributed by atoms with Crippen molar-refractivity contribution in [1.82, 2.24) is 4.98 Å². The number of anilines is 1. The second-order valence-corrected chi connectivity index (χ2v) is 5.27. The molecule has 0 aliphatic heterocycles. The van der Waals surface area contributed by atoms with Crippen molar-refractivity contribution in [1.29, 1.82) is 0 Å². The van der Waals surface area contributed by atoms with E-state index in [9.17, 15) is 18.0 Å². The van der Waals surface area contributed by atoms with E-state index < -0.39 is 17.6 Å². The molecule has 1 aromatic heterocycles. The number of aromatic nitrogens is 1. The van der Waals surface area contributed by atoms with Crippen LogP contribution in [0.1, 0.15) is 15.9 Å². The predicted molar refractivity (Wildman–Crippen MR) is 76.3 cm³/mol. The first-order valence-corrected chi connectivity index (χ1v) is 6.74. The van der Waals surface area contributed by atoms with E-state index in [0.717, 1.165) is 18.3 Å². The maximum atomic E-state index is 12.6. The summed E-state index contributed by atoms with van der Waals surface area (Å²) in [7, 11) is 0. The van der Waals surface area contributed by atoms with Gasteiger partial charge in [0.05, 0.1) is 10.6 Å². The quantitative estimate of drug-likeness (QED) is 0.817. The maximum Gasteiger partial charge on any atom is 0.416 e. The number of rotatable bonds is 2. The summed E-state index contributed by atoms with van der Waals surface area (Å²) in [6.45, 7) is 0. The van der Waals surface area contributed by atoms with E-state index in [1.165, 1.54) is 12.1 Å². The third kappa shape index (κ3) is 3.95. The van der Waals surface area contributed by atoms with Gasteiger partial charge in [-0.1, -0.05) is 11.6 Å². The Hall–Kier alpha value is -1.60. The molecule has 0 spiro atoms. The lowest BCUT2D eigenvalue weighted by Crippen LogP contribution is -2.14. The number of carbonyl (C=O) groups excluding carboxylic acids is 1. The fraction of sp³-hybridized carbons (Fsp3) is 0.0769. The first-order valence-electron chi connectivity index (χ1n) is 5.57. The van der Waals surface area contributed by atoms with Gasteiger partial charge in [-0.15, -0.1) is 0 Å². The van der Waals surface area contributed by atoms with Crippen molar-refractivity contribution >= 4 is 39.3 Å². The third-order valence-corrected chi connectivity index (χ3v) is 3.74. The molecule has 3 nitrogen and oxygen atoms in total. The Morgan fingerprint density at radius 1 is 1.24 bits per heavy atom. The molecule has 1 N–H and O–H groups in total. The van der Waals surface area contributed by atoms with Crippen LogP contribution in [0, 0.1) is 0 Å². The highest BCUT2D eigenvalue weighted by Crippen LogP contribution is 2.30. The number of benzene rings is 1. The summed E-state index contributed by atoms with van der Waals surface area (Å²) in [5.74, 6) is -0.787. The minimum absolute atomic E-state index is 0.186. The van der Waals surface area contributed by atoms with Crippen molar-refractivity contribution < 1.29 is 18.0 Å². The second-order valence-electron chi connectivity index (χ2n) is 4.01. The first kappa shape index (κ1) is 15.8. The lowest BCUT2D eigenvalue weighted by Gasteiger charge is -2.09. The number of hydrogen-bond donors (Lipinski definition) is 1. The minimum Gasteiger partial charge on any atom is -0.307 e. The zero-order chi connectivity index (χ0) is 15.6. The molecule has 0 aliphatic rings. The highest BCUT2D eigenvalue weighted by molar-refractivity contribution is 9.10. The number of alkyl halides is 3. The topological polar surface area (TPSA) is 42.0 Å². The molecule has 8 heteroatoms. The number of halogens is 5. The molecule has 0 saturated carbocycles. The van der Waals surface area contributed by atoms with Crippen LogP contribution >= 0.6 is 27.5 Å². The fourth-order valence-corrected chi connectivity index (χ4v) is 1.93. The minimum atomic E-state index is -4.50. The van der Waals surface area contributed by atoms with E-state index in [4.69, 9.17) is 11.6 Å². The average molecular weight is 380 g/mol. The van der Waals surface area contributed by atoms with E-state index in [0.29, 0.717) is 9.50 Å². The molecule has 2 rings (SSSR count). The number of pyridine rings is 1. The zero-order valence-corrected chi connectivity index (χ0v) is 12.6. The third-order valence-electron chi connectivity index (χ3n) is 2.51. The number of hydrogen-bond acceptors (Lipinski definition) is 2. The van der Waals surface area contributed by atoms with Crippen LogP contribution in [0.5, 0.6) is 0 Å². The highest BCUT2D eigenvalue weighted by atomic mass is 79.9. The van der Waals surface area contributed by atoms with Gasteiger partial charge >= 0.3 is 6.18 Å². The zero-order valence-electron chi connectivity index (χ0n) is 10.2. The van der Waals surface area contributed by atoms with Gasteiger partial charge in [-0.05, 0) is 46.3 Å². The van der Waals surface area contributed by atoms with Gasteiger partial charge in [0.2, 0.25) is 0 Å². The Morgan fingerprint density at radius 3 is 2.57 bits per heavy atom. The molecule has 1 aromatic carbocycles. The summed E-state index contributed by atoms with van der Waals surface area (Å²) in [6, 6.07) is 6.04. The molecule has 0 aliphatic carbocycles. The molecular formula is C13H7BrClF3N2O. The Kier molecular flexibility index (Phi) is 4.53. The van der Waals surface area contributed by atoms with Gasteiger partial charge in [-0.25, -0.2) is 4.98 Å². The van der Waals surface area contributed by atoms with Crippen LogP contribution in [0.25, 0.3) is 0 Å².